The minimum absolute atomic E-state index is 0.0448. The second-order valence-electron chi connectivity index (χ2n) is 5.06. The molecule has 0 unspecified atom stereocenters. The number of ether oxygens (including phenoxy) is 1. The standard InChI is InChI=1S/C18H26N4O2/c1-4-22(5-2)12-11-20-14-15(13-19)18(23)21-16-7-9-17(10-8-16)24-6-3/h7-10,14,20H,4-6,11-12H2,1-3H3,(H,21,23)/b15-14-. The molecular weight excluding hydrogens is 304 g/mol. The fourth-order valence-corrected chi connectivity index (χ4v) is 2.08. The number of nitrogens with zero attached hydrogens (tertiary/aromatic N) is 2. The lowest BCUT2D eigenvalue weighted by Crippen LogP contribution is -2.30. The molecule has 0 aliphatic rings. The number of carbonyl (C=O) groups is 1. The Labute approximate surface area is 144 Å². The van der Waals surface area contributed by atoms with Crippen molar-refractivity contribution in [2.24, 2.45) is 0 Å². The maximum absolute atomic E-state index is 12.1. The summed E-state index contributed by atoms with van der Waals surface area (Å²) in [6, 6.07) is 8.95. The van der Waals surface area contributed by atoms with Crippen LogP contribution in [-0.4, -0.2) is 43.6 Å². The van der Waals surface area contributed by atoms with E-state index in [1.807, 2.05) is 13.0 Å². The number of carbonyl (C=O) groups excluding carboxylic acids is 1. The Morgan fingerprint density at radius 1 is 1.25 bits per heavy atom. The summed E-state index contributed by atoms with van der Waals surface area (Å²) in [5.41, 5.74) is 0.663. The number of nitriles is 1. The normalized spacial score (nSPS) is 11.0. The molecule has 1 aromatic rings. The molecule has 2 N–H and O–H groups in total. The van der Waals surface area contributed by atoms with Crippen LogP contribution in [0.25, 0.3) is 0 Å². The van der Waals surface area contributed by atoms with Crippen LogP contribution in [0.1, 0.15) is 20.8 Å². The van der Waals surface area contributed by atoms with Gasteiger partial charge in [0, 0.05) is 25.0 Å². The summed E-state index contributed by atoms with van der Waals surface area (Å²) < 4.78 is 5.35. The first-order valence-corrected chi connectivity index (χ1v) is 8.24. The van der Waals surface area contributed by atoms with Crippen LogP contribution < -0.4 is 15.4 Å². The molecule has 1 aromatic carbocycles. The number of rotatable bonds is 10. The van der Waals surface area contributed by atoms with Gasteiger partial charge in [-0.3, -0.25) is 4.79 Å². The lowest BCUT2D eigenvalue weighted by atomic mass is 10.2. The van der Waals surface area contributed by atoms with Crippen molar-refractivity contribution in [3.8, 4) is 11.8 Å². The number of nitrogens with one attached hydrogen (secondary N) is 2. The molecule has 0 atom stereocenters. The minimum Gasteiger partial charge on any atom is -0.494 e. The van der Waals surface area contributed by atoms with Crippen molar-refractivity contribution in [1.82, 2.24) is 10.2 Å². The van der Waals surface area contributed by atoms with Gasteiger partial charge < -0.3 is 20.3 Å². The van der Waals surface area contributed by atoms with Crippen LogP contribution in [0.5, 0.6) is 5.75 Å². The summed E-state index contributed by atoms with van der Waals surface area (Å²) in [7, 11) is 0. The van der Waals surface area contributed by atoms with Gasteiger partial charge in [0.1, 0.15) is 17.4 Å². The number of hydrogen-bond donors (Lipinski definition) is 2. The molecule has 24 heavy (non-hydrogen) atoms. The molecule has 6 nitrogen and oxygen atoms in total. The maximum atomic E-state index is 12.1. The zero-order chi connectivity index (χ0) is 17.8. The van der Waals surface area contributed by atoms with E-state index in [0.717, 1.165) is 25.4 Å². The summed E-state index contributed by atoms with van der Waals surface area (Å²) in [5.74, 6) is 0.307. The number of anilines is 1. The smallest absolute Gasteiger partial charge is 0.267 e. The van der Waals surface area contributed by atoms with Crippen LogP contribution in [0.4, 0.5) is 5.69 Å². The largest absolute Gasteiger partial charge is 0.494 e. The van der Waals surface area contributed by atoms with E-state index < -0.39 is 5.91 Å². The Bertz CT molecular complexity index is 572. The molecule has 0 fully saturated rings. The van der Waals surface area contributed by atoms with Gasteiger partial charge in [-0.15, -0.1) is 0 Å². The molecule has 1 amide bonds. The van der Waals surface area contributed by atoms with Crippen molar-refractivity contribution in [1.29, 1.82) is 5.26 Å². The van der Waals surface area contributed by atoms with E-state index in [2.05, 4.69) is 29.4 Å². The predicted octanol–water partition coefficient (Wildman–Crippen LogP) is 2.36. The zero-order valence-electron chi connectivity index (χ0n) is 14.6. The van der Waals surface area contributed by atoms with E-state index in [1.165, 1.54) is 6.20 Å². The number of hydrogen-bond acceptors (Lipinski definition) is 5. The third kappa shape index (κ3) is 6.71. The van der Waals surface area contributed by atoms with Gasteiger partial charge in [0.05, 0.1) is 6.61 Å². The number of benzene rings is 1. The third-order valence-corrected chi connectivity index (χ3v) is 3.50. The Kier molecular flexibility index (Phi) is 9.02. The fourth-order valence-electron chi connectivity index (χ4n) is 2.08. The second-order valence-corrected chi connectivity index (χ2v) is 5.06. The molecule has 0 saturated heterocycles. The van der Waals surface area contributed by atoms with Gasteiger partial charge in [-0.05, 0) is 44.3 Å². The Balaban J connectivity index is 2.53. The summed E-state index contributed by atoms with van der Waals surface area (Å²) >= 11 is 0. The van der Waals surface area contributed by atoms with E-state index in [9.17, 15) is 4.79 Å². The first-order chi connectivity index (χ1) is 11.6. The lowest BCUT2D eigenvalue weighted by Gasteiger charge is -2.17. The van der Waals surface area contributed by atoms with Crippen LogP contribution in [0.15, 0.2) is 36.0 Å². The highest BCUT2D eigenvalue weighted by atomic mass is 16.5. The first kappa shape index (κ1) is 19.5. The number of amides is 1. The van der Waals surface area contributed by atoms with Gasteiger partial charge >= 0.3 is 0 Å². The van der Waals surface area contributed by atoms with Crippen LogP contribution >= 0.6 is 0 Å². The average Bonchev–Trinajstić information content (AvgIpc) is 2.60. The van der Waals surface area contributed by atoms with E-state index in [1.54, 1.807) is 24.3 Å². The van der Waals surface area contributed by atoms with Crippen molar-refractivity contribution in [2.45, 2.75) is 20.8 Å². The minimum atomic E-state index is -0.433. The highest BCUT2D eigenvalue weighted by Gasteiger charge is 2.09. The summed E-state index contributed by atoms with van der Waals surface area (Å²) in [4.78, 5) is 14.4. The predicted molar refractivity (Wildman–Crippen MR) is 95.7 cm³/mol. The van der Waals surface area contributed by atoms with Gasteiger partial charge in [0.2, 0.25) is 0 Å². The lowest BCUT2D eigenvalue weighted by molar-refractivity contribution is -0.112. The molecule has 130 valence electrons. The molecule has 1 rings (SSSR count). The van der Waals surface area contributed by atoms with Gasteiger partial charge in [0.15, 0.2) is 0 Å². The summed E-state index contributed by atoms with van der Waals surface area (Å²) in [5, 5.41) is 14.9. The van der Waals surface area contributed by atoms with Crippen molar-refractivity contribution >= 4 is 11.6 Å². The second kappa shape index (κ2) is 11.1. The Hall–Kier alpha value is -2.52. The van der Waals surface area contributed by atoms with Gasteiger partial charge in [-0.2, -0.15) is 5.26 Å². The maximum Gasteiger partial charge on any atom is 0.267 e. The van der Waals surface area contributed by atoms with Gasteiger partial charge in [-0.25, -0.2) is 0 Å². The molecule has 6 heteroatoms. The molecule has 0 heterocycles. The van der Waals surface area contributed by atoms with Crippen LogP contribution in [0.3, 0.4) is 0 Å². The third-order valence-electron chi connectivity index (χ3n) is 3.50. The van der Waals surface area contributed by atoms with E-state index in [4.69, 9.17) is 10.00 Å². The molecule has 0 aliphatic heterocycles. The SMILES string of the molecule is CCOc1ccc(NC(=O)/C(C#N)=C\NCCN(CC)CC)cc1. The fraction of sp³-hybridized carbons (Fsp3) is 0.444. The molecule has 0 saturated carbocycles. The van der Waals surface area contributed by atoms with Crippen LogP contribution in [0.2, 0.25) is 0 Å². The first-order valence-electron chi connectivity index (χ1n) is 8.24. The summed E-state index contributed by atoms with van der Waals surface area (Å²) in [6.45, 7) is 10.2. The molecule has 0 spiro atoms. The zero-order valence-corrected chi connectivity index (χ0v) is 14.6. The van der Waals surface area contributed by atoms with Crippen molar-refractivity contribution in [3.63, 3.8) is 0 Å². The summed E-state index contributed by atoms with van der Waals surface area (Å²) in [6.07, 6.45) is 1.47. The van der Waals surface area contributed by atoms with Crippen LogP contribution in [0, 0.1) is 11.3 Å². The molecule has 0 aliphatic carbocycles. The highest BCUT2D eigenvalue weighted by molar-refractivity contribution is 6.06. The Morgan fingerprint density at radius 2 is 1.92 bits per heavy atom. The average molecular weight is 330 g/mol. The number of likely N-dealkylation sites (N-methyl/N-ethyl adjacent to an activating group) is 1. The quantitative estimate of drug-likeness (QED) is 0.391. The van der Waals surface area contributed by atoms with Crippen molar-refractivity contribution < 1.29 is 9.53 Å². The molecule has 0 radical (unpaired) electrons. The molecular formula is C18H26N4O2. The Morgan fingerprint density at radius 3 is 2.46 bits per heavy atom. The topological polar surface area (TPSA) is 77.4 Å². The highest BCUT2D eigenvalue weighted by Crippen LogP contribution is 2.16. The monoisotopic (exact) mass is 330 g/mol. The van der Waals surface area contributed by atoms with E-state index in [0.29, 0.717) is 18.8 Å². The van der Waals surface area contributed by atoms with E-state index >= 15 is 0 Å². The van der Waals surface area contributed by atoms with Crippen molar-refractivity contribution in [3.05, 3.63) is 36.0 Å². The van der Waals surface area contributed by atoms with E-state index in [-0.39, 0.29) is 5.57 Å². The van der Waals surface area contributed by atoms with Crippen molar-refractivity contribution in [2.75, 3.05) is 38.1 Å². The van der Waals surface area contributed by atoms with Crippen LogP contribution in [-0.2, 0) is 4.79 Å². The molecule has 0 bridgehead atoms. The van der Waals surface area contributed by atoms with Gasteiger partial charge in [-0.1, -0.05) is 13.8 Å². The van der Waals surface area contributed by atoms with Gasteiger partial charge in [0.25, 0.3) is 5.91 Å². The molecule has 0 aromatic heterocycles.